The van der Waals surface area contributed by atoms with Crippen LogP contribution < -0.4 is 5.32 Å². The Bertz CT molecular complexity index is 138. The molecule has 1 heterocycles. The van der Waals surface area contributed by atoms with Crippen LogP contribution in [0.1, 0.15) is 6.92 Å². The van der Waals surface area contributed by atoms with Crippen molar-refractivity contribution in [1.82, 2.24) is 5.32 Å². The van der Waals surface area contributed by atoms with E-state index in [0.29, 0.717) is 6.61 Å². The highest BCUT2D eigenvalue weighted by molar-refractivity contribution is 8.68. The lowest BCUT2D eigenvalue weighted by Crippen LogP contribution is -2.33. The molecule has 1 aliphatic rings. The lowest BCUT2D eigenvalue weighted by Gasteiger charge is -2.07. The second-order valence-corrected chi connectivity index (χ2v) is 3.63. The summed E-state index contributed by atoms with van der Waals surface area (Å²) in [6.45, 7) is 2.44. The number of amides is 1. The van der Waals surface area contributed by atoms with Crippen LogP contribution in [-0.2, 0) is 9.53 Å². The number of thiol groups is 1. The van der Waals surface area contributed by atoms with Crippen molar-refractivity contribution in [2.75, 3.05) is 6.61 Å². The van der Waals surface area contributed by atoms with Gasteiger partial charge in [0, 0.05) is 0 Å². The van der Waals surface area contributed by atoms with E-state index in [0.717, 1.165) is 0 Å². The minimum atomic E-state index is -0.192. The first-order chi connectivity index (χ1) is 4.74. The van der Waals surface area contributed by atoms with Crippen LogP contribution in [0.2, 0.25) is 0 Å². The van der Waals surface area contributed by atoms with Gasteiger partial charge in [-0.15, -0.1) is 11.7 Å². The van der Waals surface area contributed by atoms with Crippen molar-refractivity contribution in [3.05, 3.63) is 0 Å². The third-order valence-electron chi connectivity index (χ3n) is 1.13. The maximum atomic E-state index is 10.9. The van der Waals surface area contributed by atoms with E-state index in [4.69, 9.17) is 4.74 Å². The number of hydrogen-bond donors (Lipinski definition) is 2. The molecule has 5 heteroatoms. The molecule has 0 aromatic rings. The first kappa shape index (κ1) is 8.23. The normalized spacial score (nSPS) is 25.6. The van der Waals surface area contributed by atoms with Gasteiger partial charge in [-0.1, -0.05) is 10.8 Å². The van der Waals surface area contributed by atoms with Crippen LogP contribution in [0.25, 0.3) is 0 Å². The van der Waals surface area contributed by atoms with Crippen LogP contribution in [0.5, 0.6) is 0 Å². The van der Waals surface area contributed by atoms with E-state index >= 15 is 0 Å². The summed E-state index contributed by atoms with van der Waals surface area (Å²) in [5, 5.41) is 2.77. The van der Waals surface area contributed by atoms with Crippen molar-refractivity contribution in [3.8, 4) is 0 Å². The second kappa shape index (κ2) is 3.50. The first-order valence-electron chi connectivity index (χ1n) is 2.96. The van der Waals surface area contributed by atoms with Crippen molar-refractivity contribution in [2.45, 2.75) is 18.4 Å². The van der Waals surface area contributed by atoms with Gasteiger partial charge in [0.25, 0.3) is 5.91 Å². The molecule has 0 aromatic heterocycles. The number of epoxide rings is 1. The van der Waals surface area contributed by atoms with E-state index in [9.17, 15) is 4.79 Å². The zero-order valence-electron chi connectivity index (χ0n) is 5.53. The summed E-state index contributed by atoms with van der Waals surface area (Å²) in [4.78, 5) is 10.9. The van der Waals surface area contributed by atoms with Gasteiger partial charge in [0.2, 0.25) is 0 Å². The van der Waals surface area contributed by atoms with Crippen LogP contribution in [0.3, 0.4) is 0 Å². The maximum Gasteiger partial charge on any atom is 0.252 e. The number of nitrogens with one attached hydrogen (secondary N) is 1. The summed E-state index contributed by atoms with van der Waals surface area (Å²) in [5.74, 6) is -0.0333. The van der Waals surface area contributed by atoms with Crippen LogP contribution >= 0.6 is 22.5 Å². The molecule has 1 fully saturated rings. The molecule has 0 aromatic carbocycles. The fraction of sp³-hybridized carbons (Fsp3) is 0.800. The lowest BCUT2D eigenvalue weighted by atomic mass is 10.4. The highest BCUT2D eigenvalue weighted by Gasteiger charge is 2.31. The maximum absolute atomic E-state index is 10.9. The summed E-state index contributed by atoms with van der Waals surface area (Å²) >= 11 is 3.94. The fourth-order valence-corrected chi connectivity index (χ4v) is 0.846. The predicted octanol–water partition coefficient (Wildman–Crippen LogP) is 0.425. The van der Waals surface area contributed by atoms with Crippen LogP contribution in [0, 0.1) is 0 Å². The topological polar surface area (TPSA) is 41.6 Å². The van der Waals surface area contributed by atoms with Crippen molar-refractivity contribution in [1.29, 1.82) is 0 Å². The molecule has 2 unspecified atom stereocenters. The van der Waals surface area contributed by atoms with E-state index in [2.05, 4.69) is 17.0 Å². The van der Waals surface area contributed by atoms with Gasteiger partial charge >= 0.3 is 0 Å². The van der Waals surface area contributed by atoms with E-state index in [-0.39, 0.29) is 17.4 Å². The largest absolute Gasteiger partial charge is 0.363 e. The van der Waals surface area contributed by atoms with Crippen LogP contribution in [0.15, 0.2) is 0 Å². The van der Waals surface area contributed by atoms with Gasteiger partial charge in [-0.05, 0) is 6.92 Å². The fourth-order valence-electron chi connectivity index (χ4n) is 0.519. The monoisotopic (exact) mass is 179 g/mol. The van der Waals surface area contributed by atoms with Gasteiger partial charge in [-0.25, -0.2) is 0 Å². The molecule has 1 saturated heterocycles. The Balaban J connectivity index is 2.16. The molecule has 1 N–H and O–H groups in total. The van der Waals surface area contributed by atoms with Gasteiger partial charge in [0.1, 0.15) is 0 Å². The number of carbonyl (C=O) groups is 1. The summed E-state index contributed by atoms with van der Waals surface area (Å²) in [5.41, 5.74) is 0. The molecule has 0 bridgehead atoms. The highest BCUT2D eigenvalue weighted by Crippen LogP contribution is 2.14. The predicted molar refractivity (Wildman–Crippen MR) is 43.9 cm³/mol. The third-order valence-corrected chi connectivity index (χ3v) is 2.51. The number of carbonyl (C=O) groups excluding carboxylic acids is 1. The highest BCUT2D eigenvalue weighted by atomic mass is 33.1. The number of hydrogen-bond acceptors (Lipinski definition) is 4. The van der Waals surface area contributed by atoms with Gasteiger partial charge in [0.05, 0.1) is 12.0 Å². The van der Waals surface area contributed by atoms with Crippen LogP contribution in [-0.4, -0.2) is 24.0 Å². The van der Waals surface area contributed by atoms with Gasteiger partial charge in [-0.2, -0.15) is 0 Å². The van der Waals surface area contributed by atoms with Crippen LogP contribution in [0.4, 0.5) is 0 Å². The van der Waals surface area contributed by atoms with Crippen molar-refractivity contribution >= 4 is 28.4 Å². The Morgan fingerprint density at radius 1 is 2.00 bits per heavy atom. The summed E-state index contributed by atoms with van der Waals surface area (Å²) in [6.07, 6.45) is -0.192. The zero-order valence-corrected chi connectivity index (χ0v) is 7.24. The summed E-state index contributed by atoms with van der Waals surface area (Å²) in [6, 6.07) is 0. The molecular weight excluding hydrogens is 170 g/mol. The molecule has 10 heavy (non-hydrogen) atoms. The lowest BCUT2D eigenvalue weighted by molar-refractivity contribution is -0.122. The molecule has 1 amide bonds. The van der Waals surface area contributed by atoms with Gasteiger partial charge in [0.15, 0.2) is 6.10 Å². The average molecular weight is 179 g/mol. The Morgan fingerprint density at radius 2 is 2.60 bits per heavy atom. The third kappa shape index (κ3) is 2.40. The Labute approximate surface area is 68.7 Å². The van der Waals surface area contributed by atoms with E-state index in [1.165, 1.54) is 10.8 Å². The quantitative estimate of drug-likeness (QED) is 0.286. The van der Waals surface area contributed by atoms with E-state index in [1.54, 1.807) is 0 Å². The van der Waals surface area contributed by atoms with Crippen molar-refractivity contribution in [2.24, 2.45) is 0 Å². The van der Waals surface area contributed by atoms with E-state index in [1.807, 2.05) is 6.92 Å². The SMILES string of the molecule is CC(NC(=O)C1CO1)SS. The smallest absolute Gasteiger partial charge is 0.252 e. The van der Waals surface area contributed by atoms with Crippen molar-refractivity contribution < 1.29 is 9.53 Å². The zero-order chi connectivity index (χ0) is 7.56. The number of rotatable bonds is 3. The summed E-state index contributed by atoms with van der Waals surface area (Å²) in [7, 11) is 1.31. The molecule has 0 aliphatic carbocycles. The molecule has 2 atom stereocenters. The summed E-state index contributed by atoms with van der Waals surface area (Å²) < 4.78 is 4.77. The minimum Gasteiger partial charge on any atom is -0.363 e. The molecule has 1 rings (SSSR count). The molecule has 3 nitrogen and oxygen atoms in total. The van der Waals surface area contributed by atoms with Crippen molar-refractivity contribution in [3.63, 3.8) is 0 Å². The molecule has 0 saturated carbocycles. The second-order valence-electron chi connectivity index (χ2n) is 2.08. The average Bonchev–Trinajstić information content (AvgIpc) is 2.68. The molecule has 1 aliphatic heterocycles. The molecular formula is C5H9NO2S2. The minimum absolute atomic E-state index is 0.0333. The molecule has 0 spiro atoms. The Kier molecular flexibility index (Phi) is 2.88. The van der Waals surface area contributed by atoms with Gasteiger partial charge in [-0.3, -0.25) is 4.79 Å². The van der Waals surface area contributed by atoms with E-state index < -0.39 is 0 Å². The Morgan fingerprint density at radius 3 is 3.00 bits per heavy atom. The Hall–Kier alpha value is 0.130. The molecule has 58 valence electrons. The van der Waals surface area contributed by atoms with Gasteiger partial charge < -0.3 is 10.1 Å². The standard InChI is InChI=1S/C5H9NO2S2/c1-3(10-9)6-5(7)4-2-8-4/h3-4,9H,2H2,1H3,(H,6,7). The first-order valence-corrected chi connectivity index (χ1v) is 4.89. The number of ether oxygens (including phenoxy) is 1. The molecule has 0 radical (unpaired) electrons.